The Kier molecular flexibility index (Phi) is 3.57. The van der Waals surface area contributed by atoms with Crippen LogP contribution in [-0.4, -0.2) is 11.1 Å². The summed E-state index contributed by atoms with van der Waals surface area (Å²) in [6.07, 6.45) is 4.76. The molecule has 1 aliphatic rings. The Bertz CT molecular complexity index is 212. The van der Waals surface area contributed by atoms with Crippen molar-refractivity contribution in [3.8, 4) is 0 Å². The van der Waals surface area contributed by atoms with Crippen molar-refractivity contribution < 1.29 is 9.90 Å². The Labute approximate surface area is 86.7 Å². The molecule has 0 radical (unpaired) electrons. The number of carbonyl (C=O) groups is 1. The molecule has 1 aliphatic carbocycles. The van der Waals surface area contributed by atoms with Crippen molar-refractivity contribution in [3.05, 3.63) is 0 Å². The number of carboxylic acids is 1. The van der Waals surface area contributed by atoms with Crippen LogP contribution in [0.1, 0.15) is 52.9 Å². The van der Waals surface area contributed by atoms with Gasteiger partial charge in [0.05, 0.1) is 6.42 Å². The first-order valence-corrected chi connectivity index (χ1v) is 5.71. The molecule has 82 valence electrons. The largest absolute Gasteiger partial charge is 0.481 e. The van der Waals surface area contributed by atoms with Gasteiger partial charge in [0.25, 0.3) is 0 Å². The Hall–Kier alpha value is -0.530. The van der Waals surface area contributed by atoms with E-state index in [1.54, 1.807) is 0 Å². The second-order valence-corrected chi connectivity index (χ2v) is 5.12. The molecule has 0 bridgehead atoms. The van der Waals surface area contributed by atoms with Gasteiger partial charge in [0.1, 0.15) is 0 Å². The number of hydrogen-bond donors (Lipinski definition) is 1. The van der Waals surface area contributed by atoms with Gasteiger partial charge in [-0.05, 0) is 42.9 Å². The second kappa shape index (κ2) is 4.33. The van der Waals surface area contributed by atoms with Crippen LogP contribution in [0, 0.1) is 17.3 Å². The fraction of sp³-hybridized carbons (Fsp3) is 0.917. The van der Waals surface area contributed by atoms with Gasteiger partial charge in [0.15, 0.2) is 0 Å². The maximum Gasteiger partial charge on any atom is 0.303 e. The van der Waals surface area contributed by atoms with Crippen LogP contribution in [-0.2, 0) is 4.79 Å². The van der Waals surface area contributed by atoms with Crippen molar-refractivity contribution in [3.63, 3.8) is 0 Å². The number of carboxylic acid groups (broad SMARTS) is 1. The summed E-state index contributed by atoms with van der Waals surface area (Å²) in [7, 11) is 0. The molecule has 0 aromatic heterocycles. The molecule has 0 aromatic rings. The number of hydrogen-bond acceptors (Lipinski definition) is 1. The van der Waals surface area contributed by atoms with Crippen molar-refractivity contribution in [2.24, 2.45) is 17.3 Å². The molecule has 0 aromatic carbocycles. The fourth-order valence-corrected chi connectivity index (χ4v) is 2.73. The maximum absolute atomic E-state index is 10.8. The Morgan fingerprint density at radius 3 is 2.50 bits per heavy atom. The lowest BCUT2D eigenvalue weighted by Crippen LogP contribution is -2.33. The van der Waals surface area contributed by atoms with Crippen molar-refractivity contribution >= 4 is 5.97 Å². The summed E-state index contributed by atoms with van der Waals surface area (Å²) in [6, 6.07) is 0. The summed E-state index contributed by atoms with van der Waals surface area (Å²) in [5.74, 6) is 0.820. The van der Waals surface area contributed by atoms with Crippen molar-refractivity contribution in [2.75, 3.05) is 0 Å². The molecule has 1 saturated carbocycles. The molecule has 1 rings (SSSR count). The van der Waals surface area contributed by atoms with Gasteiger partial charge >= 0.3 is 5.97 Å². The lowest BCUT2D eigenvalue weighted by atomic mass is 9.63. The van der Waals surface area contributed by atoms with Crippen LogP contribution in [0.4, 0.5) is 0 Å². The first kappa shape index (κ1) is 11.5. The standard InChI is InChI=1S/C12H22O2/c1-4-12(8-11(13)14)6-5-9(2)10(3)7-12/h9-10H,4-8H2,1-3H3,(H,13,14). The van der Waals surface area contributed by atoms with Gasteiger partial charge < -0.3 is 5.11 Å². The van der Waals surface area contributed by atoms with Crippen molar-refractivity contribution in [2.45, 2.75) is 52.9 Å². The lowest BCUT2D eigenvalue weighted by molar-refractivity contribution is -0.141. The predicted molar refractivity (Wildman–Crippen MR) is 57.2 cm³/mol. The first-order chi connectivity index (χ1) is 6.49. The van der Waals surface area contributed by atoms with E-state index in [-0.39, 0.29) is 5.41 Å². The Balaban J connectivity index is 2.66. The molecule has 1 fully saturated rings. The highest BCUT2D eigenvalue weighted by Gasteiger charge is 2.37. The summed E-state index contributed by atoms with van der Waals surface area (Å²) in [4.78, 5) is 10.8. The third kappa shape index (κ3) is 2.49. The highest BCUT2D eigenvalue weighted by Crippen LogP contribution is 2.46. The second-order valence-electron chi connectivity index (χ2n) is 5.12. The maximum atomic E-state index is 10.8. The molecule has 0 heterocycles. The molecule has 3 unspecified atom stereocenters. The molecule has 0 spiro atoms. The summed E-state index contributed by atoms with van der Waals surface area (Å²) in [5.41, 5.74) is 0.0950. The van der Waals surface area contributed by atoms with Crippen LogP contribution in [0.15, 0.2) is 0 Å². The minimum atomic E-state index is -0.631. The SMILES string of the molecule is CCC1(CC(=O)O)CCC(C)C(C)C1. The van der Waals surface area contributed by atoms with Gasteiger partial charge in [-0.1, -0.05) is 20.8 Å². The van der Waals surface area contributed by atoms with Crippen LogP contribution in [0.2, 0.25) is 0 Å². The molecule has 14 heavy (non-hydrogen) atoms. The van der Waals surface area contributed by atoms with E-state index >= 15 is 0 Å². The third-order valence-electron chi connectivity index (χ3n) is 4.13. The zero-order valence-corrected chi connectivity index (χ0v) is 9.55. The number of rotatable bonds is 3. The average molecular weight is 198 g/mol. The number of aliphatic carboxylic acids is 1. The van der Waals surface area contributed by atoms with Gasteiger partial charge in [-0.2, -0.15) is 0 Å². The summed E-state index contributed by atoms with van der Waals surface area (Å²) in [6.45, 7) is 6.67. The van der Waals surface area contributed by atoms with E-state index in [2.05, 4.69) is 20.8 Å². The Morgan fingerprint density at radius 2 is 2.07 bits per heavy atom. The van der Waals surface area contributed by atoms with E-state index in [1.807, 2.05) is 0 Å². The van der Waals surface area contributed by atoms with Crippen LogP contribution in [0.5, 0.6) is 0 Å². The lowest BCUT2D eigenvalue weighted by Gasteiger charge is -2.41. The quantitative estimate of drug-likeness (QED) is 0.755. The summed E-state index contributed by atoms with van der Waals surface area (Å²) in [5, 5.41) is 8.91. The molecular weight excluding hydrogens is 176 g/mol. The van der Waals surface area contributed by atoms with E-state index < -0.39 is 5.97 Å². The molecule has 1 N–H and O–H groups in total. The van der Waals surface area contributed by atoms with Gasteiger partial charge in [-0.15, -0.1) is 0 Å². The van der Waals surface area contributed by atoms with Crippen LogP contribution < -0.4 is 0 Å². The third-order valence-corrected chi connectivity index (χ3v) is 4.13. The molecule has 3 atom stereocenters. The van der Waals surface area contributed by atoms with Crippen molar-refractivity contribution in [1.29, 1.82) is 0 Å². The van der Waals surface area contributed by atoms with E-state index in [9.17, 15) is 4.79 Å². The van der Waals surface area contributed by atoms with E-state index in [1.165, 1.54) is 6.42 Å². The van der Waals surface area contributed by atoms with Gasteiger partial charge in [-0.25, -0.2) is 0 Å². The van der Waals surface area contributed by atoms with Crippen LogP contribution in [0.3, 0.4) is 0 Å². The van der Waals surface area contributed by atoms with E-state index in [4.69, 9.17) is 5.11 Å². The Morgan fingerprint density at radius 1 is 1.43 bits per heavy atom. The monoisotopic (exact) mass is 198 g/mol. The molecule has 0 aliphatic heterocycles. The highest BCUT2D eigenvalue weighted by atomic mass is 16.4. The van der Waals surface area contributed by atoms with Crippen molar-refractivity contribution in [1.82, 2.24) is 0 Å². The summed E-state index contributed by atoms with van der Waals surface area (Å²) >= 11 is 0. The normalized spacial score (nSPS) is 38.2. The first-order valence-electron chi connectivity index (χ1n) is 5.71. The van der Waals surface area contributed by atoms with Gasteiger partial charge in [0.2, 0.25) is 0 Å². The molecule has 2 nitrogen and oxygen atoms in total. The predicted octanol–water partition coefficient (Wildman–Crippen LogP) is 3.31. The smallest absolute Gasteiger partial charge is 0.303 e. The van der Waals surface area contributed by atoms with Gasteiger partial charge in [-0.3, -0.25) is 4.79 Å². The highest BCUT2D eigenvalue weighted by molar-refractivity contribution is 5.67. The zero-order valence-electron chi connectivity index (χ0n) is 9.55. The fourth-order valence-electron chi connectivity index (χ4n) is 2.73. The van der Waals surface area contributed by atoms with E-state index in [0.29, 0.717) is 12.3 Å². The van der Waals surface area contributed by atoms with Gasteiger partial charge in [0, 0.05) is 0 Å². The molecule has 0 amide bonds. The van der Waals surface area contributed by atoms with E-state index in [0.717, 1.165) is 25.2 Å². The average Bonchev–Trinajstić information content (AvgIpc) is 2.11. The molecule has 0 saturated heterocycles. The minimum Gasteiger partial charge on any atom is -0.481 e. The zero-order chi connectivity index (χ0) is 10.8. The summed E-state index contributed by atoms with van der Waals surface area (Å²) < 4.78 is 0. The molecular formula is C12H22O2. The van der Waals surface area contributed by atoms with Crippen LogP contribution in [0.25, 0.3) is 0 Å². The molecule has 2 heteroatoms. The minimum absolute atomic E-state index is 0.0950. The topological polar surface area (TPSA) is 37.3 Å². The van der Waals surface area contributed by atoms with Crippen LogP contribution >= 0.6 is 0 Å².